The third kappa shape index (κ3) is 2.39. The molecule has 0 bridgehead atoms. The van der Waals surface area contributed by atoms with Crippen molar-refractivity contribution >= 4 is 17.0 Å². The largest absolute Gasteiger partial charge is 0.465 e. The summed E-state index contributed by atoms with van der Waals surface area (Å²) in [5, 5.41) is 3.40. The number of hydrogen-bond acceptors (Lipinski definition) is 5. The van der Waals surface area contributed by atoms with Gasteiger partial charge in [-0.25, -0.2) is 9.78 Å². The zero-order chi connectivity index (χ0) is 17.9. The number of rotatable bonds is 4. The van der Waals surface area contributed by atoms with Crippen molar-refractivity contribution in [3.8, 4) is 0 Å². The molecular weight excluding hydrogens is 330 g/mol. The number of esters is 1. The summed E-state index contributed by atoms with van der Waals surface area (Å²) in [6, 6.07) is 3.82. The minimum absolute atomic E-state index is 0.257. The van der Waals surface area contributed by atoms with Crippen LogP contribution in [0.4, 0.5) is 0 Å². The van der Waals surface area contributed by atoms with E-state index in [-0.39, 0.29) is 12.1 Å². The van der Waals surface area contributed by atoms with Gasteiger partial charge in [-0.05, 0) is 49.3 Å². The Morgan fingerprint density at radius 3 is 2.77 bits per heavy atom. The summed E-state index contributed by atoms with van der Waals surface area (Å²) in [6.45, 7) is 5.96. The summed E-state index contributed by atoms with van der Waals surface area (Å²) in [5.41, 5.74) is 4.15. The molecule has 1 spiro atoms. The van der Waals surface area contributed by atoms with Crippen LogP contribution in [-0.4, -0.2) is 48.4 Å². The number of carbonyl (C=O) groups is 1. The Morgan fingerprint density at radius 1 is 1.42 bits per heavy atom. The number of nitrogens with one attached hydrogen (secondary N) is 1. The van der Waals surface area contributed by atoms with Crippen molar-refractivity contribution in [2.24, 2.45) is 5.41 Å². The van der Waals surface area contributed by atoms with Crippen LogP contribution in [0.2, 0.25) is 0 Å². The van der Waals surface area contributed by atoms with Crippen molar-refractivity contribution in [3.05, 3.63) is 29.1 Å². The van der Waals surface area contributed by atoms with E-state index in [9.17, 15) is 4.79 Å². The monoisotopic (exact) mass is 355 g/mol. The van der Waals surface area contributed by atoms with Crippen molar-refractivity contribution in [1.29, 1.82) is 0 Å². The van der Waals surface area contributed by atoms with E-state index in [1.807, 2.05) is 19.1 Å². The number of ether oxygens (including phenoxy) is 2. The van der Waals surface area contributed by atoms with E-state index < -0.39 is 0 Å². The third-order valence-electron chi connectivity index (χ3n) is 6.40. The molecule has 2 saturated heterocycles. The molecule has 0 radical (unpaired) electrons. The van der Waals surface area contributed by atoms with Crippen molar-refractivity contribution < 1.29 is 14.3 Å². The molecule has 1 aromatic carbocycles. The fourth-order valence-corrected chi connectivity index (χ4v) is 4.72. The van der Waals surface area contributed by atoms with E-state index in [1.54, 1.807) is 0 Å². The second kappa shape index (κ2) is 5.79. The highest BCUT2D eigenvalue weighted by Gasteiger charge is 2.50. The molecule has 3 heterocycles. The number of benzene rings is 1. The molecule has 2 aromatic rings. The molecule has 1 atom stereocenters. The van der Waals surface area contributed by atoms with E-state index in [0.29, 0.717) is 16.9 Å². The Kier molecular flexibility index (Phi) is 3.62. The van der Waals surface area contributed by atoms with E-state index in [0.717, 1.165) is 55.1 Å². The average Bonchev–Trinajstić information content (AvgIpc) is 2.86. The lowest BCUT2D eigenvalue weighted by molar-refractivity contribution is -0.0598. The number of fused-ring (bicyclic) bond motifs is 1. The highest BCUT2D eigenvalue weighted by atomic mass is 16.5. The smallest absolute Gasteiger partial charge is 0.337 e. The highest BCUT2D eigenvalue weighted by Crippen LogP contribution is 2.53. The number of hydrogen-bond donors (Lipinski definition) is 1. The molecular formula is C20H25N3O3. The van der Waals surface area contributed by atoms with Crippen molar-refractivity contribution in [1.82, 2.24) is 14.9 Å². The molecule has 26 heavy (non-hydrogen) atoms. The highest BCUT2D eigenvalue weighted by molar-refractivity contribution is 5.95. The maximum Gasteiger partial charge on any atom is 0.337 e. The molecule has 2 aliphatic heterocycles. The fraction of sp³-hybridized carbons (Fsp3) is 0.600. The van der Waals surface area contributed by atoms with Gasteiger partial charge in [0.25, 0.3) is 0 Å². The van der Waals surface area contributed by atoms with Crippen LogP contribution < -0.4 is 5.32 Å². The van der Waals surface area contributed by atoms with Crippen molar-refractivity contribution in [3.63, 3.8) is 0 Å². The summed E-state index contributed by atoms with van der Waals surface area (Å²) in [5.74, 6) is 1.37. The first-order valence-electron chi connectivity index (χ1n) is 9.50. The number of imidazole rings is 1. The van der Waals surface area contributed by atoms with Crippen molar-refractivity contribution in [2.45, 2.75) is 44.8 Å². The van der Waals surface area contributed by atoms with E-state index in [4.69, 9.17) is 14.5 Å². The Bertz CT molecular complexity index is 872. The molecule has 6 nitrogen and oxygen atoms in total. The first-order chi connectivity index (χ1) is 12.6. The van der Waals surface area contributed by atoms with Gasteiger partial charge < -0.3 is 19.4 Å². The zero-order valence-corrected chi connectivity index (χ0v) is 15.4. The number of aromatic nitrogens is 2. The van der Waals surface area contributed by atoms with Gasteiger partial charge in [-0.1, -0.05) is 0 Å². The molecule has 138 valence electrons. The zero-order valence-electron chi connectivity index (χ0n) is 15.4. The topological polar surface area (TPSA) is 65.4 Å². The van der Waals surface area contributed by atoms with Crippen LogP contribution >= 0.6 is 0 Å². The number of methoxy groups -OCH3 is 1. The first-order valence-corrected chi connectivity index (χ1v) is 9.50. The molecule has 1 aromatic heterocycles. The van der Waals surface area contributed by atoms with E-state index in [2.05, 4.69) is 9.88 Å². The number of carbonyl (C=O) groups excluding carboxylic acids is 1. The fourth-order valence-electron chi connectivity index (χ4n) is 4.72. The van der Waals surface area contributed by atoms with Gasteiger partial charge in [0, 0.05) is 25.6 Å². The van der Waals surface area contributed by atoms with Crippen molar-refractivity contribution in [2.75, 3.05) is 26.8 Å². The second-order valence-electron chi connectivity index (χ2n) is 8.22. The van der Waals surface area contributed by atoms with Crippen LogP contribution in [0.1, 0.15) is 46.9 Å². The van der Waals surface area contributed by atoms with Gasteiger partial charge in [0.05, 0.1) is 36.4 Å². The second-order valence-corrected chi connectivity index (χ2v) is 8.22. The van der Waals surface area contributed by atoms with Crippen LogP contribution in [0, 0.1) is 12.3 Å². The van der Waals surface area contributed by atoms with Gasteiger partial charge in [-0.2, -0.15) is 0 Å². The van der Waals surface area contributed by atoms with Crippen LogP contribution in [0.25, 0.3) is 11.0 Å². The van der Waals surface area contributed by atoms with E-state index in [1.165, 1.54) is 20.0 Å². The van der Waals surface area contributed by atoms with Gasteiger partial charge in [0.15, 0.2) is 0 Å². The van der Waals surface area contributed by atoms with Gasteiger partial charge in [-0.3, -0.25) is 0 Å². The quantitative estimate of drug-likeness (QED) is 0.853. The normalized spacial score (nSPS) is 24.2. The summed E-state index contributed by atoms with van der Waals surface area (Å²) in [6.07, 6.45) is 3.76. The van der Waals surface area contributed by atoms with Crippen LogP contribution in [-0.2, 0) is 16.0 Å². The molecule has 0 unspecified atom stereocenters. The Balaban J connectivity index is 1.57. The number of aryl methyl sites for hydroxylation is 1. The predicted octanol–water partition coefficient (Wildman–Crippen LogP) is 2.39. The third-order valence-corrected chi connectivity index (χ3v) is 6.40. The lowest BCUT2D eigenvalue weighted by atomic mass is 9.58. The molecule has 3 fully saturated rings. The predicted molar refractivity (Wildman–Crippen MR) is 97.4 cm³/mol. The molecule has 6 heteroatoms. The standard InChI is InChI=1S/C20H25N3O3/c1-12-5-13(19(24)25-2)6-16-17(12)22-18(23(16)9-15-3-4-26-15)14-7-20(8-14)10-21-11-20/h5-6,14-15,21H,3-4,7-11H2,1-2H3/t15-/m0/s1. The van der Waals surface area contributed by atoms with Crippen LogP contribution in [0.5, 0.6) is 0 Å². The summed E-state index contributed by atoms with van der Waals surface area (Å²) < 4.78 is 12.9. The SMILES string of the molecule is COC(=O)c1cc(C)c2nc(C3CC4(CNC4)C3)n(C[C@@H]3CCO3)c2c1. The molecule has 0 amide bonds. The lowest BCUT2D eigenvalue weighted by Crippen LogP contribution is -2.59. The summed E-state index contributed by atoms with van der Waals surface area (Å²) in [4.78, 5) is 17.1. The van der Waals surface area contributed by atoms with Gasteiger partial charge in [-0.15, -0.1) is 0 Å². The Morgan fingerprint density at radius 2 is 2.19 bits per heavy atom. The molecule has 5 rings (SSSR count). The maximum absolute atomic E-state index is 12.1. The van der Waals surface area contributed by atoms with E-state index >= 15 is 0 Å². The Labute approximate surface area is 152 Å². The first kappa shape index (κ1) is 16.3. The summed E-state index contributed by atoms with van der Waals surface area (Å²) in [7, 11) is 1.42. The minimum atomic E-state index is -0.299. The molecule has 3 aliphatic rings. The number of nitrogens with zero attached hydrogens (tertiary/aromatic N) is 2. The average molecular weight is 355 g/mol. The van der Waals surface area contributed by atoms with Gasteiger partial charge in [0.1, 0.15) is 5.82 Å². The van der Waals surface area contributed by atoms with Crippen LogP contribution in [0.3, 0.4) is 0 Å². The van der Waals surface area contributed by atoms with Gasteiger partial charge >= 0.3 is 5.97 Å². The summed E-state index contributed by atoms with van der Waals surface area (Å²) >= 11 is 0. The van der Waals surface area contributed by atoms with Crippen LogP contribution in [0.15, 0.2) is 12.1 Å². The lowest BCUT2D eigenvalue weighted by Gasteiger charge is -2.54. The van der Waals surface area contributed by atoms with Gasteiger partial charge in [0.2, 0.25) is 0 Å². The Hall–Kier alpha value is -1.92. The molecule has 1 aliphatic carbocycles. The molecule has 1 saturated carbocycles. The maximum atomic E-state index is 12.1. The molecule has 1 N–H and O–H groups in total. The minimum Gasteiger partial charge on any atom is -0.465 e.